The Labute approximate surface area is 190 Å². The number of carbonyl (C=O) groups is 1. The molecule has 1 atom stereocenters. The molecule has 0 saturated carbocycles. The molecule has 0 spiro atoms. The van der Waals surface area contributed by atoms with Crippen molar-refractivity contribution in [2.24, 2.45) is 5.92 Å². The monoisotopic (exact) mass is 450 g/mol. The number of nitrogens with zero attached hydrogens (tertiary/aromatic N) is 4. The third kappa shape index (κ3) is 3.66. The first kappa shape index (κ1) is 20.7. The first-order valence-corrected chi connectivity index (χ1v) is 11.7. The summed E-state index contributed by atoms with van der Waals surface area (Å²) in [6.45, 7) is 2.71. The van der Waals surface area contributed by atoms with Crippen LogP contribution in [0.1, 0.15) is 30.2 Å². The van der Waals surface area contributed by atoms with Crippen molar-refractivity contribution >= 4 is 49.9 Å². The quantitative estimate of drug-likeness (QED) is 0.455. The highest BCUT2D eigenvalue weighted by atomic mass is 32.1. The summed E-state index contributed by atoms with van der Waals surface area (Å²) >= 11 is 1.67. The van der Waals surface area contributed by atoms with Crippen LogP contribution in [0, 0.1) is 5.92 Å². The third-order valence-corrected chi connectivity index (χ3v) is 7.05. The van der Waals surface area contributed by atoms with Crippen molar-refractivity contribution in [2.45, 2.75) is 32.6 Å². The van der Waals surface area contributed by atoms with Gasteiger partial charge in [-0.1, -0.05) is 6.92 Å². The molecule has 1 aliphatic carbocycles. The van der Waals surface area contributed by atoms with E-state index >= 15 is 0 Å². The number of aromatic amines is 1. The Morgan fingerprint density at radius 2 is 2.22 bits per heavy atom. The number of hydrogen-bond acceptors (Lipinski definition) is 7. The van der Waals surface area contributed by atoms with Gasteiger partial charge in [-0.05, 0) is 37.3 Å². The third-order valence-electron chi connectivity index (χ3n) is 5.89. The Hall–Kier alpha value is -3.20. The molecule has 3 aromatic heterocycles. The van der Waals surface area contributed by atoms with Crippen LogP contribution in [-0.2, 0) is 17.6 Å². The summed E-state index contributed by atoms with van der Waals surface area (Å²) in [7, 11) is 3.65. The van der Waals surface area contributed by atoms with Crippen LogP contribution < -0.4 is 10.1 Å². The fraction of sp³-hybridized carbons (Fsp3) is 0.391. The lowest BCUT2D eigenvalue weighted by Gasteiger charge is -2.24. The Bertz CT molecular complexity index is 1290. The van der Waals surface area contributed by atoms with E-state index in [-0.39, 0.29) is 11.8 Å². The van der Waals surface area contributed by atoms with Crippen molar-refractivity contribution < 1.29 is 9.53 Å². The van der Waals surface area contributed by atoms with E-state index in [4.69, 9.17) is 4.74 Å². The minimum atomic E-state index is 0.0347. The molecule has 1 unspecified atom stereocenters. The van der Waals surface area contributed by atoms with E-state index < -0.39 is 0 Å². The van der Waals surface area contributed by atoms with Gasteiger partial charge in [-0.15, -0.1) is 11.3 Å². The molecule has 32 heavy (non-hydrogen) atoms. The van der Waals surface area contributed by atoms with Crippen LogP contribution in [0.4, 0.5) is 11.5 Å². The lowest BCUT2D eigenvalue weighted by atomic mass is 9.87. The Balaban J connectivity index is 1.53. The number of ether oxygens (including phenoxy) is 1. The Morgan fingerprint density at radius 3 is 3.03 bits per heavy atom. The van der Waals surface area contributed by atoms with Gasteiger partial charge in [-0.3, -0.25) is 9.89 Å². The molecule has 1 aromatic carbocycles. The van der Waals surface area contributed by atoms with Crippen molar-refractivity contribution in [3.05, 3.63) is 35.1 Å². The Morgan fingerprint density at radius 1 is 1.34 bits per heavy atom. The number of thiophene rings is 1. The molecule has 166 valence electrons. The summed E-state index contributed by atoms with van der Waals surface area (Å²) in [4.78, 5) is 25.5. The van der Waals surface area contributed by atoms with Crippen LogP contribution >= 0.6 is 11.3 Å². The molecule has 0 aliphatic heterocycles. The maximum atomic E-state index is 12.5. The van der Waals surface area contributed by atoms with Crippen LogP contribution in [0.2, 0.25) is 0 Å². The minimum Gasteiger partial charge on any atom is -0.491 e. The predicted octanol–water partition coefficient (Wildman–Crippen LogP) is 4.29. The fourth-order valence-corrected chi connectivity index (χ4v) is 5.58. The van der Waals surface area contributed by atoms with Gasteiger partial charge in [-0.25, -0.2) is 9.97 Å². The zero-order valence-electron chi connectivity index (χ0n) is 18.4. The second-order valence-electron chi connectivity index (χ2n) is 8.36. The van der Waals surface area contributed by atoms with Gasteiger partial charge in [-0.2, -0.15) is 5.10 Å². The molecular formula is C23H26N6O2S. The maximum absolute atomic E-state index is 12.5. The number of fused-ring (bicyclic) bond motifs is 4. The number of hydrogen-bond donors (Lipinski definition) is 2. The van der Waals surface area contributed by atoms with E-state index in [1.807, 2.05) is 26.2 Å². The average Bonchev–Trinajstić information content (AvgIpc) is 3.40. The van der Waals surface area contributed by atoms with E-state index in [2.05, 4.69) is 32.4 Å². The summed E-state index contributed by atoms with van der Waals surface area (Å²) < 4.78 is 6.01. The van der Waals surface area contributed by atoms with Gasteiger partial charge in [0.1, 0.15) is 22.7 Å². The second-order valence-corrected chi connectivity index (χ2v) is 9.44. The summed E-state index contributed by atoms with van der Waals surface area (Å²) in [5.41, 5.74) is 3.04. The molecule has 1 amide bonds. The lowest BCUT2D eigenvalue weighted by Crippen LogP contribution is -2.32. The lowest BCUT2D eigenvalue weighted by molar-refractivity contribution is -0.133. The fourth-order valence-electron chi connectivity index (χ4n) is 4.31. The number of anilines is 2. The van der Waals surface area contributed by atoms with Gasteiger partial charge in [0.15, 0.2) is 0 Å². The Kier molecular flexibility index (Phi) is 5.42. The molecule has 8 nitrogen and oxygen atoms in total. The summed E-state index contributed by atoms with van der Waals surface area (Å²) in [6.07, 6.45) is 6.77. The van der Waals surface area contributed by atoms with E-state index in [1.54, 1.807) is 28.8 Å². The molecule has 5 rings (SSSR count). The van der Waals surface area contributed by atoms with Gasteiger partial charge in [0.25, 0.3) is 0 Å². The number of nitrogens with one attached hydrogen (secondary N) is 2. The number of carbonyl (C=O) groups excluding carboxylic acids is 1. The SMILES string of the molecule is CCCOc1cc2[nH]ncc2cc1Nc1ncnc2sc3c(c12)CCC(C(=O)N(C)C)C3. The van der Waals surface area contributed by atoms with Gasteiger partial charge in [0.05, 0.1) is 29.4 Å². The van der Waals surface area contributed by atoms with E-state index in [0.29, 0.717) is 6.61 Å². The molecule has 2 N–H and O–H groups in total. The van der Waals surface area contributed by atoms with Crippen LogP contribution in [0.15, 0.2) is 24.7 Å². The number of amides is 1. The van der Waals surface area contributed by atoms with Crippen LogP contribution in [-0.4, -0.2) is 51.7 Å². The van der Waals surface area contributed by atoms with Gasteiger partial charge >= 0.3 is 0 Å². The topological polar surface area (TPSA) is 96.0 Å². The molecule has 0 fully saturated rings. The highest BCUT2D eigenvalue weighted by Crippen LogP contribution is 2.41. The molecule has 9 heteroatoms. The van der Waals surface area contributed by atoms with E-state index in [9.17, 15) is 4.79 Å². The summed E-state index contributed by atoms with van der Waals surface area (Å²) in [5.74, 6) is 1.77. The van der Waals surface area contributed by atoms with Gasteiger partial charge in [0, 0.05) is 36.3 Å². The minimum absolute atomic E-state index is 0.0347. The van der Waals surface area contributed by atoms with Crippen molar-refractivity contribution in [1.29, 1.82) is 0 Å². The molecule has 4 aromatic rings. The predicted molar refractivity (Wildman–Crippen MR) is 127 cm³/mol. The summed E-state index contributed by atoms with van der Waals surface area (Å²) in [6, 6.07) is 4.00. The number of benzene rings is 1. The van der Waals surface area contributed by atoms with E-state index in [1.165, 1.54) is 10.4 Å². The van der Waals surface area contributed by atoms with Gasteiger partial charge < -0.3 is 15.0 Å². The highest BCUT2D eigenvalue weighted by molar-refractivity contribution is 7.19. The zero-order chi connectivity index (χ0) is 22.2. The number of rotatable bonds is 6. The molecular weight excluding hydrogens is 424 g/mol. The van der Waals surface area contributed by atoms with Crippen molar-refractivity contribution in [3.63, 3.8) is 0 Å². The van der Waals surface area contributed by atoms with Crippen molar-refractivity contribution in [3.8, 4) is 5.75 Å². The molecule has 0 radical (unpaired) electrons. The number of aromatic nitrogens is 4. The average molecular weight is 451 g/mol. The second kappa shape index (κ2) is 8.38. The van der Waals surface area contributed by atoms with Crippen LogP contribution in [0.3, 0.4) is 0 Å². The van der Waals surface area contributed by atoms with Gasteiger partial charge in [0.2, 0.25) is 5.91 Å². The molecule has 0 saturated heterocycles. The van der Waals surface area contributed by atoms with Crippen molar-refractivity contribution in [1.82, 2.24) is 25.1 Å². The number of H-pyrrole nitrogens is 1. The number of aryl methyl sites for hydroxylation is 1. The van der Waals surface area contributed by atoms with Crippen molar-refractivity contribution in [2.75, 3.05) is 26.0 Å². The molecule has 0 bridgehead atoms. The first-order chi connectivity index (χ1) is 15.5. The smallest absolute Gasteiger partial charge is 0.225 e. The van der Waals surface area contributed by atoms with Crippen LogP contribution in [0.5, 0.6) is 5.75 Å². The molecule has 1 aliphatic rings. The largest absolute Gasteiger partial charge is 0.491 e. The highest BCUT2D eigenvalue weighted by Gasteiger charge is 2.30. The van der Waals surface area contributed by atoms with E-state index in [0.717, 1.165) is 64.1 Å². The standard InChI is InChI=1S/C23H26N6O2S/c1-4-7-31-18-10-16-14(11-26-28-16)8-17(18)27-21-20-15-6-5-13(23(30)29(2)3)9-19(15)32-22(20)25-12-24-21/h8,10-13H,4-7,9H2,1-3H3,(H,26,28)(H,24,25,27). The summed E-state index contributed by atoms with van der Waals surface area (Å²) in [5, 5.41) is 12.7. The zero-order valence-corrected chi connectivity index (χ0v) is 19.3. The maximum Gasteiger partial charge on any atom is 0.225 e. The normalized spacial score (nSPS) is 15.7. The first-order valence-electron chi connectivity index (χ1n) is 10.9. The van der Waals surface area contributed by atoms with Crippen LogP contribution in [0.25, 0.3) is 21.1 Å². The molecule has 3 heterocycles.